The van der Waals surface area contributed by atoms with Crippen LogP contribution in [0, 0.1) is 22.9 Å². The maximum Gasteiger partial charge on any atom is 0.257 e. The van der Waals surface area contributed by atoms with Crippen molar-refractivity contribution in [2.75, 3.05) is 46.6 Å². The Labute approximate surface area is 263 Å². The number of ketones is 2. The molecule has 0 amide bonds. The van der Waals surface area contributed by atoms with Crippen LogP contribution in [0.3, 0.4) is 0 Å². The Hall–Kier alpha value is -4.55. The number of halogens is 3. The standard InChI is InChI=1S/C34H32F3N3O6/c1-43-33-29(45-15-12-40-10-13-44-14-11-40)20-26-32(39-33)27(6-9-38-26)46-28-19-24(36)22(17-25(28)37)18-31(42)34(7-8-34)30(41)16-21-2-4-23(35)5-3-21/h2-6,9,17,19-20H,7-8,10-16,18H2,1H3. The molecule has 0 N–H and O–H groups in total. The largest absolute Gasteiger partial charge is 0.487 e. The Balaban J connectivity index is 1.15. The van der Waals surface area contributed by atoms with Crippen molar-refractivity contribution in [1.29, 1.82) is 0 Å². The van der Waals surface area contributed by atoms with Crippen molar-refractivity contribution in [3.05, 3.63) is 83.3 Å². The quantitative estimate of drug-likeness (QED) is 0.182. The number of benzene rings is 2. The van der Waals surface area contributed by atoms with Crippen molar-refractivity contribution < 1.29 is 41.7 Å². The van der Waals surface area contributed by atoms with E-state index < -0.39 is 40.8 Å². The molecule has 46 heavy (non-hydrogen) atoms. The summed E-state index contributed by atoms with van der Waals surface area (Å²) in [5.74, 6) is -2.73. The lowest BCUT2D eigenvalue weighted by Gasteiger charge is -2.26. The van der Waals surface area contributed by atoms with Crippen molar-refractivity contribution in [3.63, 3.8) is 0 Å². The molecule has 1 saturated heterocycles. The van der Waals surface area contributed by atoms with Crippen molar-refractivity contribution in [2.45, 2.75) is 25.7 Å². The van der Waals surface area contributed by atoms with E-state index in [1.807, 2.05) is 0 Å². The number of nitrogens with zero attached hydrogens (tertiary/aromatic N) is 3. The predicted octanol–water partition coefficient (Wildman–Crippen LogP) is 5.26. The number of aromatic nitrogens is 2. The monoisotopic (exact) mass is 635 g/mol. The molecule has 1 aliphatic heterocycles. The van der Waals surface area contributed by atoms with E-state index in [1.165, 1.54) is 43.6 Å². The highest BCUT2D eigenvalue weighted by Gasteiger charge is 2.54. The van der Waals surface area contributed by atoms with Crippen LogP contribution in [0.15, 0.2) is 54.7 Å². The van der Waals surface area contributed by atoms with Crippen molar-refractivity contribution >= 4 is 22.6 Å². The van der Waals surface area contributed by atoms with Gasteiger partial charge in [-0.1, -0.05) is 12.1 Å². The molecule has 2 aromatic carbocycles. The Morgan fingerprint density at radius 3 is 2.37 bits per heavy atom. The van der Waals surface area contributed by atoms with Crippen molar-refractivity contribution in [1.82, 2.24) is 14.9 Å². The molecule has 3 heterocycles. The molecule has 4 aromatic rings. The fourth-order valence-electron chi connectivity index (χ4n) is 5.49. The van der Waals surface area contributed by atoms with Gasteiger partial charge in [-0.3, -0.25) is 19.5 Å². The summed E-state index contributed by atoms with van der Waals surface area (Å²) >= 11 is 0. The fraction of sp³-hybridized carbons (Fsp3) is 0.353. The van der Waals surface area contributed by atoms with E-state index in [0.29, 0.717) is 56.0 Å². The Bertz CT molecular complexity index is 1760. The van der Waals surface area contributed by atoms with Gasteiger partial charge in [0.15, 0.2) is 34.6 Å². The van der Waals surface area contributed by atoms with Gasteiger partial charge in [0.05, 0.1) is 31.3 Å². The van der Waals surface area contributed by atoms with Gasteiger partial charge in [0, 0.05) is 56.9 Å². The van der Waals surface area contributed by atoms with Crippen LogP contribution in [0.2, 0.25) is 0 Å². The third-order valence-corrected chi connectivity index (χ3v) is 8.34. The van der Waals surface area contributed by atoms with E-state index in [1.54, 1.807) is 6.07 Å². The maximum absolute atomic E-state index is 15.3. The molecule has 0 spiro atoms. The van der Waals surface area contributed by atoms with Crippen molar-refractivity contribution in [3.8, 4) is 23.1 Å². The first-order valence-corrected chi connectivity index (χ1v) is 15.0. The van der Waals surface area contributed by atoms with Gasteiger partial charge in [-0.25, -0.2) is 18.2 Å². The third-order valence-electron chi connectivity index (χ3n) is 8.34. The number of rotatable bonds is 13. The second kappa shape index (κ2) is 13.4. The average Bonchev–Trinajstić information content (AvgIpc) is 3.87. The SMILES string of the molecule is COc1nc2c(Oc3cc(F)c(CC(=O)C4(C(=O)Cc5ccc(F)cc5)CC4)cc3F)ccnc2cc1OCCN1CCOCC1. The summed E-state index contributed by atoms with van der Waals surface area (Å²) in [6.45, 7) is 4.10. The van der Waals surface area contributed by atoms with Crippen molar-refractivity contribution in [2.24, 2.45) is 5.41 Å². The van der Waals surface area contributed by atoms with Crippen LogP contribution in [0.25, 0.3) is 11.0 Å². The Morgan fingerprint density at radius 1 is 0.913 bits per heavy atom. The zero-order valence-electron chi connectivity index (χ0n) is 25.2. The summed E-state index contributed by atoms with van der Waals surface area (Å²) in [7, 11) is 1.44. The summed E-state index contributed by atoms with van der Waals surface area (Å²) in [5, 5.41) is 0. The number of morpholine rings is 1. The maximum atomic E-state index is 15.3. The minimum atomic E-state index is -1.24. The second-order valence-corrected chi connectivity index (χ2v) is 11.4. The Kier molecular flexibility index (Phi) is 9.18. The molecule has 6 rings (SSSR count). The van der Waals surface area contributed by atoms with E-state index in [-0.39, 0.29) is 34.9 Å². The van der Waals surface area contributed by atoms with Gasteiger partial charge in [0.2, 0.25) is 0 Å². The first-order valence-electron chi connectivity index (χ1n) is 15.0. The predicted molar refractivity (Wildman–Crippen MR) is 161 cm³/mol. The zero-order chi connectivity index (χ0) is 32.3. The first kappa shape index (κ1) is 31.4. The first-order chi connectivity index (χ1) is 22.3. The summed E-state index contributed by atoms with van der Waals surface area (Å²) in [6, 6.07) is 10.3. The number of carbonyl (C=O) groups is 2. The summed E-state index contributed by atoms with van der Waals surface area (Å²) < 4.78 is 66.2. The molecule has 0 unspecified atom stereocenters. The van der Waals surface area contributed by atoms with Gasteiger partial charge in [-0.2, -0.15) is 0 Å². The van der Waals surface area contributed by atoms with Gasteiger partial charge >= 0.3 is 0 Å². The number of ether oxygens (including phenoxy) is 4. The van der Waals surface area contributed by atoms with Gasteiger partial charge < -0.3 is 18.9 Å². The van der Waals surface area contributed by atoms with E-state index >= 15 is 8.78 Å². The number of methoxy groups -OCH3 is 1. The zero-order valence-corrected chi connectivity index (χ0v) is 25.2. The molecular weight excluding hydrogens is 603 g/mol. The number of Topliss-reactive ketones (excluding diaryl/α,β-unsaturated/α-hetero) is 2. The normalized spacial score (nSPS) is 15.8. The van der Waals surface area contributed by atoms with E-state index in [9.17, 15) is 14.0 Å². The van der Waals surface area contributed by atoms with E-state index in [2.05, 4.69) is 14.9 Å². The van der Waals surface area contributed by atoms with Crippen LogP contribution in [0.4, 0.5) is 13.2 Å². The molecule has 9 nitrogen and oxygen atoms in total. The number of hydrogen-bond donors (Lipinski definition) is 0. The number of carbonyl (C=O) groups excluding carboxylic acids is 2. The van der Waals surface area contributed by atoms with Crippen LogP contribution in [-0.4, -0.2) is 73.0 Å². The molecular formula is C34H32F3N3O6. The average molecular weight is 636 g/mol. The topological polar surface area (TPSA) is 100 Å². The van der Waals surface area contributed by atoms with E-state index in [0.717, 1.165) is 25.2 Å². The molecule has 0 radical (unpaired) electrons. The molecule has 0 bridgehead atoms. The molecule has 1 saturated carbocycles. The minimum Gasteiger partial charge on any atom is -0.487 e. The van der Waals surface area contributed by atoms with Crippen LogP contribution >= 0.6 is 0 Å². The van der Waals surface area contributed by atoms with Gasteiger partial charge in [0.25, 0.3) is 5.88 Å². The van der Waals surface area contributed by atoms with Gasteiger partial charge in [-0.05, 0) is 42.2 Å². The smallest absolute Gasteiger partial charge is 0.257 e. The highest BCUT2D eigenvalue weighted by molar-refractivity contribution is 6.11. The molecule has 2 aliphatic rings. The van der Waals surface area contributed by atoms with Gasteiger partial charge in [-0.15, -0.1) is 0 Å². The minimum absolute atomic E-state index is 0.0452. The molecule has 1 aliphatic carbocycles. The van der Waals surface area contributed by atoms with Crippen LogP contribution in [0.1, 0.15) is 24.0 Å². The molecule has 2 aromatic heterocycles. The van der Waals surface area contributed by atoms with Crippen LogP contribution < -0.4 is 14.2 Å². The molecule has 240 valence electrons. The Morgan fingerprint density at radius 2 is 1.65 bits per heavy atom. The lowest BCUT2D eigenvalue weighted by Crippen LogP contribution is -2.38. The highest BCUT2D eigenvalue weighted by Crippen LogP contribution is 2.49. The molecule has 2 fully saturated rings. The highest BCUT2D eigenvalue weighted by atomic mass is 19.1. The lowest BCUT2D eigenvalue weighted by molar-refractivity contribution is -0.133. The number of fused-ring (bicyclic) bond motifs is 1. The number of pyridine rings is 2. The van der Waals surface area contributed by atoms with Gasteiger partial charge in [0.1, 0.15) is 23.8 Å². The van der Waals surface area contributed by atoms with E-state index in [4.69, 9.17) is 18.9 Å². The molecule has 12 heteroatoms. The third kappa shape index (κ3) is 6.82. The second-order valence-electron chi connectivity index (χ2n) is 11.4. The summed E-state index contributed by atoms with van der Waals surface area (Å²) in [5.41, 5.74) is -0.211. The number of hydrogen-bond acceptors (Lipinski definition) is 9. The lowest BCUT2D eigenvalue weighted by atomic mass is 9.87. The molecule has 0 atom stereocenters. The van der Waals surface area contributed by atoms with Crippen LogP contribution in [0.5, 0.6) is 23.1 Å². The summed E-state index contributed by atoms with van der Waals surface area (Å²) in [4.78, 5) is 37.2. The van der Waals surface area contributed by atoms with Crippen LogP contribution in [-0.2, 0) is 27.2 Å². The fourth-order valence-corrected chi connectivity index (χ4v) is 5.49. The summed E-state index contributed by atoms with van der Waals surface area (Å²) in [6.07, 6.45) is 1.62.